The lowest BCUT2D eigenvalue weighted by Crippen LogP contribution is -2.42. The third-order valence-electron chi connectivity index (χ3n) is 4.89. The van der Waals surface area contributed by atoms with Gasteiger partial charge >= 0.3 is 0 Å². The SMILES string of the molecule is CC1CCN(C(C)CN=C(N)N2CCCCCC2)CC1. The Bertz CT molecular complexity index is 300. The van der Waals surface area contributed by atoms with Gasteiger partial charge in [-0.1, -0.05) is 19.8 Å². The smallest absolute Gasteiger partial charge is 0.191 e. The largest absolute Gasteiger partial charge is 0.370 e. The third kappa shape index (κ3) is 4.65. The molecule has 116 valence electrons. The first-order valence-corrected chi connectivity index (χ1v) is 8.45. The van der Waals surface area contributed by atoms with E-state index in [4.69, 9.17) is 5.73 Å². The molecule has 0 amide bonds. The summed E-state index contributed by atoms with van der Waals surface area (Å²) in [5, 5.41) is 0. The summed E-state index contributed by atoms with van der Waals surface area (Å²) in [7, 11) is 0. The second-order valence-electron chi connectivity index (χ2n) is 6.67. The van der Waals surface area contributed by atoms with Gasteiger partial charge in [-0.05, 0) is 51.6 Å². The molecule has 0 radical (unpaired) electrons. The molecule has 0 aromatic carbocycles. The Labute approximate surface area is 124 Å². The lowest BCUT2D eigenvalue weighted by atomic mass is 9.98. The minimum absolute atomic E-state index is 0.521. The van der Waals surface area contributed by atoms with Crippen LogP contribution >= 0.6 is 0 Å². The molecule has 2 aliphatic rings. The van der Waals surface area contributed by atoms with Crippen LogP contribution in [0.15, 0.2) is 4.99 Å². The summed E-state index contributed by atoms with van der Waals surface area (Å²) in [5.74, 6) is 1.66. The Morgan fingerprint density at radius 2 is 1.70 bits per heavy atom. The molecule has 0 bridgehead atoms. The Morgan fingerprint density at radius 1 is 1.10 bits per heavy atom. The number of guanidine groups is 1. The zero-order chi connectivity index (χ0) is 14.4. The molecule has 4 nitrogen and oxygen atoms in total. The number of hydrogen-bond acceptors (Lipinski definition) is 2. The second kappa shape index (κ2) is 7.87. The summed E-state index contributed by atoms with van der Waals surface area (Å²) < 4.78 is 0. The molecule has 2 saturated heterocycles. The summed E-state index contributed by atoms with van der Waals surface area (Å²) in [4.78, 5) is 9.51. The fourth-order valence-electron chi connectivity index (χ4n) is 3.21. The Morgan fingerprint density at radius 3 is 2.30 bits per heavy atom. The van der Waals surface area contributed by atoms with Crippen molar-refractivity contribution in [2.75, 3.05) is 32.7 Å². The number of aliphatic imine (C=N–C) groups is 1. The van der Waals surface area contributed by atoms with Crippen molar-refractivity contribution in [2.24, 2.45) is 16.6 Å². The quantitative estimate of drug-likeness (QED) is 0.637. The van der Waals surface area contributed by atoms with Gasteiger partial charge in [0, 0.05) is 19.1 Å². The molecular weight excluding hydrogens is 248 g/mol. The van der Waals surface area contributed by atoms with Crippen LogP contribution in [0.5, 0.6) is 0 Å². The molecule has 0 spiro atoms. The van der Waals surface area contributed by atoms with E-state index in [9.17, 15) is 0 Å². The number of hydrogen-bond donors (Lipinski definition) is 1. The summed E-state index contributed by atoms with van der Waals surface area (Å²) >= 11 is 0. The van der Waals surface area contributed by atoms with Crippen molar-refractivity contribution < 1.29 is 0 Å². The normalized spacial score (nSPS) is 25.5. The highest BCUT2D eigenvalue weighted by Crippen LogP contribution is 2.18. The zero-order valence-electron chi connectivity index (χ0n) is 13.4. The molecule has 0 saturated carbocycles. The van der Waals surface area contributed by atoms with E-state index in [0.29, 0.717) is 6.04 Å². The molecule has 20 heavy (non-hydrogen) atoms. The fraction of sp³-hybridized carbons (Fsp3) is 0.938. The van der Waals surface area contributed by atoms with Crippen molar-refractivity contribution in [2.45, 2.75) is 58.4 Å². The van der Waals surface area contributed by atoms with Crippen LogP contribution in [0.25, 0.3) is 0 Å². The molecular formula is C16H32N4. The predicted molar refractivity (Wildman–Crippen MR) is 86.0 cm³/mol. The van der Waals surface area contributed by atoms with Crippen molar-refractivity contribution in [1.29, 1.82) is 0 Å². The number of piperidine rings is 1. The highest BCUT2D eigenvalue weighted by atomic mass is 15.3. The molecule has 2 rings (SSSR count). The van der Waals surface area contributed by atoms with E-state index in [0.717, 1.165) is 31.5 Å². The molecule has 0 aliphatic carbocycles. The molecule has 2 N–H and O–H groups in total. The minimum atomic E-state index is 0.521. The maximum atomic E-state index is 6.18. The van der Waals surface area contributed by atoms with E-state index in [1.54, 1.807) is 0 Å². The number of rotatable bonds is 3. The zero-order valence-corrected chi connectivity index (χ0v) is 13.4. The summed E-state index contributed by atoms with van der Waals surface area (Å²) in [5.41, 5.74) is 6.18. The van der Waals surface area contributed by atoms with Gasteiger partial charge in [0.1, 0.15) is 0 Å². The van der Waals surface area contributed by atoms with E-state index in [1.807, 2.05) is 0 Å². The summed E-state index contributed by atoms with van der Waals surface area (Å²) in [6, 6.07) is 0.521. The summed E-state index contributed by atoms with van der Waals surface area (Å²) in [6.45, 7) is 10.1. The Kier molecular flexibility index (Phi) is 6.14. The van der Waals surface area contributed by atoms with Crippen LogP contribution < -0.4 is 5.73 Å². The van der Waals surface area contributed by atoms with Crippen LogP contribution in [0.4, 0.5) is 0 Å². The average molecular weight is 280 g/mol. The van der Waals surface area contributed by atoms with Gasteiger partial charge in [0.2, 0.25) is 0 Å². The Balaban J connectivity index is 1.78. The number of likely N-dealkylation sites (tertiary alicyclic amines) is 2. The minimum Gasteiger partial charge on any atom is -0.370 e. The van der Waals surface area contributed by atoms with Gasteiger partial charge in [-0.25, -0.2) is 0 Å². The van der Waals surface area contributed by atoms with E-state index >= 15 is 0 Å². The van der Waals surface area contributed by atoms with Crippen LogP contribution in [0.3, 0.4) is 0 Å². The van der Waals surface area contributed by atoms with Crippen LogP contribution in [0, 0.1) is 5.92 Å². The molecule has 2 heterocycles. The second-order valence-corrected chi connectivity index (χ2v) is 6.67. The first-order chi connectivity index (χ1) is 9.66. The topological polar surface area (TPSA) is 44.9 Å². The fourth-order valence-corrected chi connectivity index (χ4v) is 3.21. The number of nitrogens with zero attached hydrogens (tertiary/aromatic N) is 3. The van der Waals surface area contributed by atoms with E-state index in [1.165, 1.54) is 51.6 Å². The first kappa shape index (κ1) is 15.6. The van der Waals surface area contributed by atoms with Crippen LogP contribution in [-0.2, 0) is 0 Å². The van der Waals surface area contributed by atoms with Crippen LogP contribution in [-0.4, -0.2) is 54.5 Å². The Hall–Kier alpha value is -0.770. The van der Waals surface area contributed by atoms with Gasteiger partial charge in [-0.15, -0.1) is 0 Å². The highest BCUT2D eigenvalue weighted by molar-refractivity contribution is 5.78. The monoisotopic (exact) mass is 280 g/mol. The molecule has 1 atom stereocenters. The van der Waals surface area contributed by atoms with Gasteiger partial charge in [0.25, 0.3) is 0 Å². The first-order valence-electron chi connectivity index (χ1n) is 8.45. The molecule has 4 heteroatoms. The molecule has 0 aromatic rings. The van der Waals surface area contributed by atoms with Crippen LogP contribution in [0.2, 0.25) is 0 Å². The molecule has 0 aromatic heterocycles. The molecule has 1 unspecified atom stereocenters. The summed E-state index contributed by atoms with van der Waals surface area (Å²) in [6.07, 6.45) is 7.86. The third-order valence-corrected chi connectivity index (χ3v) is 4.89. The standard InChI is InChI=1S/C16H32N4/c1-14-7-11-19(12-8-14)15(2)13-18-16(17)20-9-5-3-4-6-10-20/h14-15H,3-13H2,1-2H3,(H2,17,18). The molecule has 2 fully saturated rings. The van der Waals surface area contributed by atoms with E-state index < -0.39 is 0 Å². The maximum Gasteiger partial charge on any atom is 0.191 e. The van der Waals surface area contributed by atoms with Gasteiger partial charge in [-0.2, -0.15) is 0 Å². The van der Waals surface area contributed by atoms with Gasteiger partial charge in [-0.3, -0.25) is 9.89 Å². The number of nitrogens with two attached hydrogens (primary N) is 1. The van der Waals surface area contributed by atoms with Gasteiger partial charge < -0.3 is 10.6 Å². The van der Waals surface area contributed by atoms with Crippen molar-refractivity contribution in [3.05, 3.63) is 0 Å². The molecule has 2 aliphatic heterocycles. The maximum absolute atomic E-state index is 6.18. The van der Waals surface area contributed by atoms with Gasteiger partial charge in [0.15, 0.2) is 5.96 Å². The lowest BCUT2D eigenvalue weighted by molar-refractivity contribution is 0.150. The van der Waals surface area contributed by atoms with E-state index in [-0.39, 0.29) is 0 Å². The lowest BCUT2D eigenvalue weighted by Gasteiger charge is -2.34. The predicted octanol–water partition coefficient (Wildman–Crippen LogP) is 2.30. The van der Waals surface area contributed by atoms with Crippen LogP contribution in [0.1, 0.15) is 52.4 Å². The van der Waals surface area contributed by atoms with Crippen molar-refractivity contribution in [3.8, 4) is 0 Å². The van der Waals surface area contributed by atoms with Gasteiger partial charge in [0.05, 0.1) is 6.54 Å². The average Bonchev–Trinajstić information content (AvgIpc) is 2.74. The highest BCUT2D eigenvalue weighted by Gasteiger charge is 2.20. The van der Waals surface area contributed by atoms with Crippen molar-refractivity contribution in [1.82, 2.24) is 9.80 Å². The van der Waals surface area contributed by atoms with Crippen molar-refractivity contribution >= 4 is 5.96 Å². The van der Waals surface area contributed by atoms with Crippen molar-refractivity contribution in [3.63, 3.8) is 0 Å². The van der Waals surface area contributed by atoms with E-state index in [2.05, 4.69) is 28.6 Å².